The number of carbonyl (C=O) groups excluding carboxylic acids is 1. The van der Waals surface area contributed by atoms with Crippen molar-refractivity contribution < 1.29 is 13.9 Å². The molecule has 1 aliphatic rings. The lowest BCUT2D eigenvalue weighted by Gasteiger charge is -2.18. The Kier molecular flexibility index (Phi) is 7.46. The maximum atomic E-state index is 15.3. The van der Waals surface area contributed by atoms with Crippen molar-refractivity contribution in [1.29, 1.82) is 5.26 Å². The third kappa shape index (κ3) is 5.68. The van der Waals surface area contributed by atoms with Crippen LogP contribution >= 0.6 is 0 Å². The van der Waals surface area contributed by atoms with Crippen LogP contribution in [0.15, 0.2) is 59.8 Å². The molecular formula is C30H27FN10O3. The second-order valence-corrected chi connectivity index (χ2v) is 10.5. The number of carbonyl (C=O) groups is 1. The molecule has 1 unspecified atom stereocenters. The number of hydrogen-bond donors (Lipinski definition) is 3. The maximum absolute atomic E-state index is 15.3. The van der Waals surface area contributed by atoms with Crippen LogP contribution in [0, 0.1) is 17.1 Å². The van der Waals surface area contributed by atoms with E-state index in [9.17, 15) is 9.59 Å². The largest absolute Gasteiger partial charge is 0.460 e. The summed E-state index contributed by atoms with van der Waals surface area (Å²) in [7, 11) is 1.76. The Morgan fingerprint density at radius 3 is 2.80 bits per heavy atom. The molecule has 1 atom stereocenters. The highest BCUT2D eigenvalue weighted by Gasteiger charge is 2.26. The van der Waals surface area contributed by atoms with E-state index in [-0.39, 0.29) is 36.1 Å². The summed E-state index contributed by atoms with van der Waals surface area (Å²) in [5, 5.41) is 16.5. The molecule has 1 aliphatic carbocycles. The number of fused-ring (bicyclic) bond motifs is 1. The van der Waals surface area contributed by atoms with Crippen LogP contribution in [0.1, 0.15) is 36.3 Å². The number of aryl methyl sites for hydroxylation is 1. The van der Waals surface area contributed by atoms with E-state index in [1.807, 2.05) is 12.1 Å². The van der Waals surface area contributed by atoms with E-state index in [0.717, 1.165) is 18.4 Å². The van der Waals surface area contributed by atoms with Gasteiger partial charge in [-0.1, -0.05) is 18.2 Å². The Morgan fingerprint density at radius 1 is 1.25 bits per heavy atom. The van der Waals surface area contributed by atoms with E-state index in [0.29, 0.717) is 33.8 Å². The van der Waals surface area contributed by atoms with Gasteiger partial charge in [-0.15, -0.1) is 0 Å². The van der Waals surface area contributed by atoms with Crippen LogP contribution in [-0.4, -0.2) is 41.3 Å². The minimum atomic E-state index is -1.17. The summed E-state index contributed by atoms with van der Waals surface area (Å²) in [5.74, 6) is -0.958. The number of nitrogens with one attached hydrogen (secondary N) is 1. The lowest BCUT2D eigenvalue weighted by molar-refractivity contribution is -0.146. The normalized spacial score (nSPS) is 13.4. The first-order valence-corrected chi connectivity index (χ1v) is 13.8. The molecule has 14 heteroatoms. The number of hydrogen-bond acceptors (Lipinski definition) is 11. The van der Waals surface area contributed by atoms with Crippen LogP contribution in [-0.2, 0) is 23.2 Å². The van der Waals surface area contributed by atoms with Gasteiger partial charge in [0.15, 0.2) is 5.82 Å². The summed E-state index contributed by atoms with van der Waals surface area (Å²) in [6, 6.07) is 10.6. The first kappa shape index (κ1) is 28.4. The highest BCUT2D eigenvalue weighted by molar-refractivity contribution is 5.84. The van der Waals surface area contributed by atoms with Crippen LogP contribution < -0.4 is 22.3 Å². The molecule has 0 spiro atoms. The number of esters is 1. The molecule has 5 aromatic rings. The molecule has 5 N–H and O–H groups in total. The monoisotopic (exact) mass is 594 g/mol. The first-order chi connectivity index (χ1) is 21.2. The molecule has 3 heterocycles. The van der Waals surface area contributed by atoms with Crippen molar-refractivity contribution in [2.75, 3.05) is 11.1 Å². The zero-order chi connectivity index (χ0) is 31.0. The van der Waals surface area contributed by atoms with Gasteiger partial charge in [-0.2, -0.15) is 25.3 Å². The molecular weight excluding hydrogens is 567 g/mol. The SMILES string of the molecule is Cn1cc(Nc2nc(N)nc(-c3cccc(-n4ccc5cc(C6CC6)cc(F)c5c4=O)c3COC(=O)C(N)CC#N)n2)cn1. The van der Waals surface area contributed by atoms with Gasteiger partial charge in [-0.25, -0.2) is 4.39 Å². The third-order valence-corrected chi connectivity index (χ3v) is 7.27. The molecule has 222 valence electrons. The van der Waals surface area contributed by atoms with Crippen molar-refractivity contribution in [3.8, 4) is 23.1 Å². The molecule has 1 fully saturated rings. The summed E-state index contributed by atoms with van der Waals surface area (Å²) in [4.78, 5) is 39.3. The number of nitriles is 1. The van der Waals surface area contributed by atoms with Gasteiger partial charge < -0.3 is 21.5 Å². The number of aromatic nitrogens is 6. The molecule has 0 bridgehead atoms. The van der Waals surface area contributed by atoms with Gasteiger partial charge in [0.25, 0.3) is 5.56 Å². The number of benzene rings is 2. The minimum absolute atomic E-state index is 0.0614. The van der Waals surface area contributed by atoms with Gasteiger partial charge in [0.2, 0.25) is 11.9 Å². The second kappa shape index (κ2) is 11.5. The molecule has 0 saturated heterocycles. The summed E-state index contributed by atoms with van der Waals surface area (Å²) < 4.78 is 23.7. The van der Waals surface area contributed by atoms with Gasteiger partial charge in [0.1, 0.15) is 18.5 Å². The topological polar surface area (TPSA) is 193 Å². The van der Waals surface area contributed by atoms with Gasteiger partial charge in [-0.3, -0.25) is 18.8 Å². The molecule has 1 saturated carbocycles. The predicted molar refractivity (Wildman–Crippen MR) is 159 cm³/mol. The lowest BCUT2D eigenvalue weighted by Crippen LogP contribution is -2.32. The van der Waals surface area contributed by atoms with E-state index in [4.69, 9.17) is 21.5 Å². The van der Waals surface area contributed by atoms with Crippen LogP contribution in [0.25, 0.3) is 27.8 Å². The Bertz CT molecular complexity index is 2010. The van der Waals surface area contributed by atoms with Crippen molar-refractivity contribution in [3.05, 3.63) is 82.3 Å². The molecule has 0 amide bonds. The van der Waals surface area contributed by atoms with Gasteiger partial charge >= 0.3 is 5.97 Å². The highest BCUT2D eigenvalue weighted by Crippen LogP contribution is 2.41. The first-order valence-electron chi connectivity index (χ1n) is 13.8. The van der Waals surface area contributed by atoms with Crippen molar-refractivity contribution in [3.63, 3.8) is 0 Å². The Balaban J connectivity index is 1.47. The fraction of sp³-hybridized carbons (Fsp3) is 0.233. The number of ether oxygens (including phenoxy) is 1. The number of nitrogens with zero attached hydrogens (tertiary/aromatic N) is 7. The number of anilines is 3. The van der Waals surface area contributed by atoms with E-state index in [2.05, 4.69) is 25.4 Å². The molecule has 6 rings (SSSR count). The molecule has 3 aromatic heterocycles. The summed E-state index contributed by atoms with van der Waals surface area (Å²) >= 11 is 0. The van der Waals surface area contributed by atoms with E-state index < -0.39 is 23.4 Å². The molecule has 44 heavy (non-hydrogen) atoms. The fourth-order valence-corrected chi connectivity index (χ4v) is 4.97. The zero-order valence-electron chi connectivity index (χ0n) is 23.6. The standard InChI is InChI=1S/C30H27FN10O3/c1-40-14-19(13-35-40)36-30-38-26(37-29(34)39-30)20-3-2-4-24(21(20)15-44-28(43)23(33)7-9-32)41-10-8-17-11-18(16-5-6-16)12-22(31)25(17)27(41)42/h2-4,8,10-14,16,23H,5-7,15,33H2,1H3,(H3,34,36,37,38,39). The van der Waals surface area contributed by atoms with Gasteiger partial charge in [-0.05, 0) is 47.9 Å². The Hall–Kier alpha value is -5.68. The fourth-order valence-electron chi connectivity index (χ4n) is 4.97. The Morgan fingerprint density at radius 2 is 2.07 bits per heavy atom. The van der Waals surface area contributed by atoms with Crippen LogP contribution in [0.2, 0.25) is 0 Å². The van der Waals surface area contributed by atoms with Crippen LogP contribution in [0.5, 0.6) is 0 Å². The van der Waals surface area contributed by atoms with Gasteiger partial charge in [0, 0.05) is 30.6 Å². The summed E-state index contributed by atoms with van der Waals surface area (Å²) in [6.45, 7) is -0.367. The van der Waals surface area contributed by atoms with E-state index in [1.165, 1.54) is 10.6 Å². The molecule has 13 nitrogen and oxygen atoms in total. The van der Waals surface area contributed by atoms with E-state index >= 15 is 4.39 Å². The minimum Gasteiger partial charge on any atom is -0.460 e. The van der Waals surface area contributed by atoms with Crippen molar-refractivity contribution >= 4 is 34.3 Å². The predicted octanol–water partition coefficient (Wildman–Crippen LogP) is 3.20. The lowest BCUT2D eigenvalue weighted by atomic mass is 10.0. The van der Waals surface area contributed by atoms with Crippen molar-refractivity contribution in [1.82, 2.24) is 29.3 Å². The Labute approximate surface area is 249 Å². The zero-order valence-corrected chi connectivity index (χ0v) is 23.6. The highest BCUT2D eigenvalue weighted by atomic mass is 19.1. The molecule has 2 aromatic carbocycles. The molecule has 0 radical (unpaired) electrons. The molecule has 0 aliphatic heterocycles. The number of rotatable bonds is 9. The second-order valence-electron chi connectivity index (χ2n) is 10.5. The van der Waals surface area contributed by atoms with Crippen molar-refractivity contribution in [2.45, 2.75) is 37.8 Å². The number of nitrogen functional groups attached to an aromatic ring is 1. The van der Waals surface area contributed by atoms with Crippen LogP contribution in [0.3, 0.4) is 0 Å². The van der Waals surface area contributed by atoms with Crippen molar-refractivity contribution in [2.24, 2.45) is 12.8 Å². The summed E-state index contributed by atoms with van der Waals surface area (Å²) in [5.41, 5.74) is 13.7. The van der Waals surface area contributed by atoms with Gasteiger partial charge in [0.05, 0.1) is 35.4 Å². The van der Waals surface area contributed by atoms with Crippen LogP contribution in [0.4, 0.5) is 22.0 Å². The smallest absolute Gasteiger partial charge is 0.324 e. The average molecular weight is 595 g/mol. The number of nitrogens with two attached hydrogens (primary N) is 2. The summed E-state index contributed by atoms with van der Waals surface area (Å²) in [6.07, 6.45) is 6.59. The maximum Gasteiger partial charge on any atom is 0.324 e. The number of pyridine rings is 1. The third-order valence-electron chi connectivity index (χ3n) is 7.27. The quantitative estimate of drug-likeness (QED) is 0.212. The van der Waals surface area contributed by atoms with E-state index in [1.54, 1.807) is 54.6 Å². The average Bonchev–Trinajstić information content (AvgIpc) is 3.77. The number of halogens is 1.